The summed E-state index contributed by atoms with van der Waals surface area (Å²) in [4.78, 5) is 16.4. The first kappa shape index (κ1) is 17.5. The van der Waals surface area contributed by atoms with Gasteiger partial charge in [-0.05, 0) is 60.5 Å². The van der Waals surface area contributed by atoms with Gasteiger partial charge in [0.1, 0.15) is 6.04 Å². The van der Waals surface area contributed by atoms with Gasteiger partial charge in [0, 0.05) is 35.4 Å². The van der Waals surface area contributed by atoms with Crippen LogP contribution in [0.4, 0.5) is 11.4 Å². The molecular weight excluding hydrogens is 344 g/mol. The lowest BCUT2D eigenvalue weighted by molar-refractivity contribution is -0.117. The molecule has 2 aliphatic rings. The monoisotopic (exact) mass is 370 g/mol. The fraction of sp³-hybridized carbons (Fsp3) is 0.450. The second-order valence-corrected chi connectivity index (χ2v) is 8.14. The molecule has 1 amide bonds. The third-order valence-corrected chi connectivity index (χ3v) is 6.27. The minimum absolute atomic E-state index is 0.0322. The number of hydrogen-bond acceptors (Lipinski definition) is 5. The van der Waals surface area contributed by atoms with Crippen LogP contribution in [0, 0.1) is 0 Å². The Labute approximate surface area is 158 Å². The summed E-state index contributed by atoms with van der Waals surface area (Å²) in [6, 6.07) is 10.7. The zero-order chi connectivity index (χ0) is 17.9. The van der Waals surface area contributed by atoms with Gasteiger partial charge in [-0.3, -0.25) is 10.2 Å². The van der Waals surface area contributed by atoms with Crippen molar-refractivity contribution in [2.45, 2.75) is 51.2 Å². The minimum atomic E-state index is -0.162. The molecule has 1 aromatic heterocycles. The van der Waals surface area contributed by atoms with Crippen LogP contribution in [0.25, 0.3) is 0 Å². The van der Waals surface area contributed by atoms with Gasteiger partial charge < -0.3 is 10.2 Å². The normalized spacial score (nSPS) is 22.3. The Bertz CT molecular complexity index is 757. The van der Waals surface area contributed by atoms with Crippen LogP contribution in [0.15, 0.2) is 35.7 Å². The van der Waals surface area contributed by atoms with Crippen molar-refractivity contribution in [3.8, 4) is 0 Å². The van der Waals surface area contributed by atoms with Crippen molar-refractivity contribution < 1.29 is 4.79 Å². The van der Waals surface area contributed by atoms with Crippen molar-refractivity contribution >= 4 is 28.6 Å². The molecular formula is C20H26N4OS. The number of benzene rings is 1. The van der Waals surface area contributed by atoms with Crippen LogP contribution in [0.1, 0.15) is 36.6 Å². The van der Waals surface area contributed by atoms with Crippen LogP contribution in [-0.2, 0) is 17.8 Å². The molecule has 0 spiro atoms. The highest BCUT2D eigenvalue weighted by Gasteiger charge is 2.28. The van der Waals surface area contributed by atoms with Gasteiger partial charge in [-0.15, -0.1) is 11.3 Å². The maximum atomic E-state index is 12.4. The van der Waals surface area contributed by atoms with E-state index in [0.717, 1.165) is 44.5 Å². The van der Waals surface area contributed by atoms with E-state index >= 15 is 0 Å². The lowest BCUT2D eigenvalue weighted by atomic mass is 10.1. The highest BCUT2D eigenvalue weighted by molar-refractivity contribution is 7.10. The largest absolute Gasteiger partial charge is 0.367 e. The highest BCUT2D eigenvalue weighted by atomic mass is 32.1. The molecule has 4 rings (SSSR count). The van der Waals surface area contributed by atoms with Gasteiger partial charge in [0.15, 0.2) is 0 Å². The molecule has 2 atom stereocenters. The van der Waals surface area contributed by atoms with Gasteiger partial charge >= 0.3 is 0 Å². The fourth-order valence-corrected chi connectivity index (χ4v) is 4.68. The number of nitrogens with one attached hydrogen (secondary N) is 3. The van der Waals surface area contributed by atoms with E-state index < -0.39 is 0 Å². The molecule has 2 aromatic rings. The van der Waals surface area contributed by atoms with Crippen LogP contribution >= 0.6 is 11.3 Å². The molecule has 2 unspecified atom stereocenters. The molecule has 5 nitrogen and oxygen atoms in total. The van der Waals surface area contributed by atoms with E-state index in [1.54, 1.807) is 0 Å². The first-order chi connectivity index (χ1) is 12.7. The van der Waals surface area contributed by atoms with Crippen molar-refractivity contribution in [1.82, 2.24) is 10.9 Å². The van der Waals surface area contributed by atoms with Crippen molar-refractivity contribution in [2.24, 2.45) is 0 Å². The number of carbonyl (C=O) groups is 1. The molecule has 0 saturated carbocycles. The Morgan fingerprint density at radius 3 is 2.92 bits per heavy atom. The molecule has 6 heteroatoms. The van der Waals surface area contributed by atoms with E-state index in [4.69, 9.17) is 0 Å². The third-order valence-electron chi connectivity index (χ3n) is 5.24. The van der Waals surface area contributed by atoms with E-state index in [1.807, 2.05) is 23.5 Å². The second-order valence-electron chi connectivity index (χ2n) is 7.14. The molecule has 0 aliphatic carbocycles. The first-order valence-corrected chi connectivity index (χ1v) is 10.3. The highest BCUT2D eigenvalue weighted by Crippen LogP contribution is 2.28. The molecule has 3 N–H and O–H groups in total. The maximum Gasteiger partial charge on any atom is 0.242 e. The first-order valence-electron chi connectivity index (χ1n) is 9.45. The molecule has 26 heavy (non-hydrogen) atoms. The summed E-state index contributed by atoms with van der Waals surface area (Å²) in [5.41, 5.74) is 9.84. The summed E-state index contributed by atoms with van der Waals surface area (Å²) in [6.45, 7) is 4.19. The topological polar surface area (TPSA) is 56.4 Å². The van der Waals surface area contributed by atoms with Crippen LogP contribution in [0.2, 0.25) is 0 Å². The predicted octanol–water partition coefficient (Wildman–Crippen LogP) is 3.28. The van der Waals surface area contributed by atoms with E-state index in [1.165, 1.54) is 16.1 Å². The molecule has 1 saturated heterocycles. The van der Waals surface area contributed by atoms with Crippen molar-refractivity contribution in [3.63, 3.8) is 0 Å². The Morgan fingerprint density at radius 2 is 2.12 bits per heavy atom. The van der Waals surface area contributed by atoms with Crippen molar-refractivity contribution in [1.29, 1.82) is 0 Å². The number of nitrogens with zero attached hydrogens (tertiary/aromatic N) is 1. The summed E-state index contributed by atoms with van der Waals surface area (Å²) in [5, 5.41) is 5.21. The quantitative estimate of drug-likeness (QED) is 0.756. The zero-order valence-corrected chi connectivity index (χ0v) is 15.9. The summed E-state index contributed by atoms with van der Waals surface area (Å²) in [5.74, 6) is 0.0322. The number of amides is 1. The molecule has 2 aliphatic heterocycles. The van der Waals surface area contributed by atoms with E-state index in [9.17, 15) is 4.79 Å². The third kappa shape index (κ3) is 3.77. The fourth-order valence-electron chi connectivity index (χ4n) is 3.79. The standard InChI is InChI=1S/C20H26N4OS/c1-2-3-16-12-18(23-22-16)20(25)21-15-4-6-17(7-5-15)24-10-8-19-14(13-24)9-11-26-19/h4-7,9,11,16,18,22-23H,2-3,8,10,12-13H2,1H3,(H,21,25). The maximum absolute atomic E-state index is 12.4. The average molecular weight is 371 g/mol. The van der Waals surface area contributed by atoms with Crippen LogP contribution in [0.3, 0.4) is 0 Å². The van der Waals surface area contributed by atoms with Crippen molar-refractivity contribution in [3.05, 3.63) is 46.2 Å². The molecule has 3 heterocycles. The summed E-state index contributed by atoms with van der Waals surface area (Å²) in [7, 11) is 0. The zero-order valence-electron chi connectivity index (χ0n) is 15.1. The lowest BCUT2D eigenvalue weighted by Crippen LogP contribution is -2.40. The minimum Gasteiger partial charge on any atom is -0.367 e. The SMILES string of the molecule is CCCC1CC(C(=O)Nc2ccc(N3CCc4sccc4C3)cc2)NN1. The Kier molecular flexibility index (Phi) is 5.24. The van der Waals surface area contributed by atoms with E-state index in [2.05, 4.69) is 51.6 Å². The molecule has 1 fully saturated rings. The number of thiophene rings is 1. The predicted molar refractivity (Wildman–Crippen MR) is 108 cm³/mol. The lowest BCUT2D eigenvalue weighted by Gasteiger charge is -2.29. The average Bonchev–Trinajstić information content (AvgIpc) is 3.31. The van der Waals surface area contributed by atoms with Gasteiger partial charge in [0.25, 0.3) is 0 Å². The van der Waals surface area contributed by atoms with Gasteiger partial charge in [0.2, 0.25) is 5.91 Å². The summed E-state index contributed by atoms with van der Waals surface area (Å²) >= 11 is 1.86. The second kappa shape index (κ2) is 7.78. The van der Waals surface area contributed by atoms with Crippen molar-refractivity contribution in [2.75, 3.05) is 16.8 Å². The van der Waals surface area contributed by atoms with Crippen LogP contribution in [-0.4, -0.2) is 24.5 Å². The van der Waals surface area contributed by atoms with Crippen LogP contribution < -0.4 is 21.1 Å². The number of hydrazine groups is 1. The van der Waals surface area contributed by atoms with Gasteiger partial charge in [-0.2, -0.15) is 0 Å². The van der Waals surface area contributed by atoms with Gasteiger partial charge in [-0.25, -0.2) is 5.43 Å². The van der Waals surface area contributed by atoms with Crippen LogP contribution in [0.5, 0.6) is 0 Å². The molecule has 0 radical (unpaired) electrons. The summed E-state index contributed by atoms with van der Waals surface area (Å²) < 4.78 is 0. The number of rotatable bonds is 5. The molecule has 0 bridgehead atoms. The van der Waals surface area contributed by atoms with E-state index in [0.29, 0.717) is 6.04 Å². The number of hydrogen-bond donors (Lipinski definition) is 3. The van der Waals surface area contributed by atoms with Gasteiger partial charge in [0.05, 0.1) is 0 Å². The molecule has 138 valence electrons. The Morgan fingerprint density at radius 1 is 1.27 bits per heavy atom. The van der Waals surface area contributed by atoms with E-state index in [-0.39, 0.29) is 11.9 Å². The number of fused-ring (bicyclic) bond motifs is 1. The Hall–Kier alpha value is -1.89. The smallest absolute Gasteiger partial charge is 0.242 e. The molecule has 1 aromatic carbocycles. The Balaban J connectivity index is 1.34. The number of carbonyl (C=O) groups excluding carboxylic acids is 1. The number of anilines is 2. The van der Waals surface area contributed by atoms with Gasteiger partial charge in [-0.1, -0.05) is 13.3 Å². The summed E-state index contributed by atoms with van der Waals surface area (Å²) in [6.07, 6.45) is 4.17.